The lowest BCUT2D eigenvalue weighted by Crippen LogP contribution is -2.66. The molecule has 136 valence electrons. The fourth-order valence-electron chi connectivity index (χ4n) is 3.89. The molecule has 1 amide bonds. The van der Waals surface area contributed by atoms with E-state index in [1.165, 1.54) is 0 Å². The van der Waals surface area contributed by atoms with E-state index in [9.17, 15) is 4.79 Å². The number of carbonyl (C=O) groups excluding carboxylic acids is 1. The van der Waals surface area contributed by atoms with Crippen LogP contribution in [0.3, 0.4) is 0 Å². The van der Waals surface area contributed by atoms with Gasteiger partial charge in [0.25, 0.3) is 5.91 Å². The number of likely N-dealkylation sites (tertiary alicyclic amines) is 1. The molecule has 6 nitrogen and oxygen atoms in total. The third kappa shape index (κ3) is 3.29. The molecule has 2 aromatic heterocycles. The first kappa shape index (κ1) is 17.0. The Morgan fingerprint density at radius 1 is 1.35 bits per heavy atom. The summed E-state index contributed by atoms with van der Waals surface area (Å²) in [5.41, 5.74) is 1.44. The van der Waals surface area contributed by atoms with Gasteiger partial charge in [-0.15, -0.1) is 0 Å². The minimum Gasteiger partial charge on any atom is -0.492 e. The molecule has 2 saturated heterocycles. The molecule has 4 heterocycles. The van der Waals surface area contributed by atoms with Gasteiger partial charge in [-0.1, -0.05) is 0 Å². The normalized spacial score (nSPS) is 20.8. The lowest BCUT2D eigenvalue weighted by atomic mass is 9.79. The van der Waals surface area contributed by atoms with Crippen LogP contribution in [0.1, 0.15) is 28.8 Å². The maximum Gasteiger partial charge on any atom is 0.255 e. The van der Waals surface area contributed by atoms with E-state index < -0.39 is 0 Å². The first-order valence-electron chi connectivity index (χ1n) is 9.04. The Kier molecular flexibility index (Phi) is 4.59. The smallest absolute Gasteiger partial charge is 0.255 e. The number of hydrogen-bond acceptors (Lipinski definition) is 5. The molecule has 0 bridgehead atoms. The number of pyridine rings is 2. The summed E-state index contributed by atoms with van der Waals surface area (Å²) < 4.78 is 11.8. The van der Waals surface area contributed by atoms with Gasteiger partial charge in [0, 0.05) is 25.2 Å². The summed E-state index contributed by atoms with van der Waals surface area (Å²) in [5, 5.41) is 0. The Morgan fingerprint density at radius 3 is 3.00 bits per heavy atom. The highest BCUT2D eigenvalue weighted by molar-refractivity contribution is 5.94. The first-order valence-corrected chi connectivity index (χ1v) is 9.04. The molecule has 0 radical (unpaired) electrons. The van der Waals surface area contributed by atoms with Gasteiger partial charge in [-0.3, -0.25) is 14.8 Å². The van der Waals surface area contributed by atoms with Crippen molar-refractivity contribution in [3.63, 3.8) is 0 Å². The van der Waals surface area contributed by atoms with Crippen LogP contribution in [0, 0.1) is 12.8 Å². The lowest BCUT2D eigenvalue weighted by Gasteiger charge is -2.50. The number of rotatable bonds is 5. The zero-order valence-electron chi connectivity index (χ0n) is 14.9. The Morgan fingerprint density at radius 2 is 2.23 bits per heavy atom. The third-order valence-electron chi connectivity index (χ3n) is 5.30. The van der Waals surface area contributed by atoms with Gasteiger partial charge in [-0.25, -0.2) is 0 Å². The molecule has 0 saturated carbocycles. The molecule has 2 aromatic rings. The lowest BCUT2D eigenvalue weighted by molar-refractivity contribution is -0.119. The molecule has 6 heteroatoms. The molecular weight excluding hydrogens is 330 g/mol. The Hall–Kier alpha value is -2.47. The van der Waals surface area contributed by atoms with E-state index in [2.05, 4.69) is 9.97 Å². The molecule has 0 aromatic carbocycles. The van der Waals surface area contributed by atoms with Crippen LogP contribution in [-0.2, 0) is 4.74 Å². The standard InChI is InChI=1S/C20H23N3O3/c1-15-9-16(11-22-10-15)19(24)23-13-20(14-23)17(5-8-26-20)4-7-25-18-3-2-6-21-12-18/h2-3,6,9-12,17H,4-5,7-8,13-14H2,1H3/t17-/m0/s1. The minimum atomic E-state index is -0.203. The predicted octanol–water partition coefficient (Wildman–Crippen LogP) is 2.49. The minimum absolute atomic E-state index is 0.0349. The topological polar surface area (TPSA) is 64.6 Å². The molecule has 0 unspecified atom stereocenters. The van der Waals surface area contributed by atoms with Crippen molar-refractivity contribution < 1.29 is 14.3 Å². The second kappa shape index (κ2) is 7.03. The summed E-state index contributed by atoms with van der Waals surface area (Å²) in [6.07, 6.45) is 8.78. The van der Waals surface area contributed by atoms with E-state index in [4.69, 9.17) is 9.47 Å². The van der Waals surface area contributed by atoms with Gasteiger partial charge >= 0.3 is 0 Å². The monoisotopic (exact) mass is 353 g/mol. The van der Waals surface area contributed by atoms with E-state index in [1.54, 1.807) is 24.8 Å². The van der Waals surface area contributed by atoms with Crippen LogP contribution in [0.25, 0.3) is 0 Å². The highest BCUT2D eigenvalue weighted by atomic mass is 16.5. The second-order valence-corrected chi connectivity index (χ2v) is 7.14. The van der Waals surface area contributed by atoms with Crippen LogP contribution in [0.15, 0.2) is 43.0 Å². The SMILES string of the molecule is Cc1cncc(C(=O)N2CC3(C2)OCC[C@@H]3CCOc2cccnc2)c1. The number of ether oxygens (including phenoxy) is 2. The summed E-state index contributed by atoms with van der Waals surface area (Å²) in [7, 11) is 0. The van der Waals surface area contributed by atoms with Crippen molar-refractivity contribution >= 4 is 5.91 Å². The van der Waals surface area contributed by atoms with Crippen LogP contribution >= 0.6 is 0 Å². The van der Waals surface area contributed by atoms with E-state index in [0.717, 1.165) is 30.8 Å². The maximum absolute atomic E-state index is 12.6. The van der Waals surface area contributed by atoms with Gasteiger partial charge < -0.3 is 14.4 Å². The van der Waals surface area contributed by atoms with Gasteiger partial charge in [-0.05, 0) is 49.4 Å². The average molecular weight is 353 g/mol. The van der Waals surface area contributed by atoms with Crippen LogP contribution in [0.2, 0.25) is 0 Å². The van der Waals surface area contributed by atoms with Crippen LogP contribution in [-0.4, -0.2) is 52.7 Å². The number of hydrogen-bond donors (Lipinski definition) is 0. The number of aryl methyl sites for hydroxylation is 1. The van der Waals surface area contributed by atoms with Gasteiger partial charge in [0.1, 0.15) is 11.4 Å². The van der Waals surface area contributed by atoms with E-state index in [-0.39, 0.29) is 11.5 Å². The van der Waals surface area contributed by atoms with Gasteiger partial charge in [-0.2, -0.15) is 0 Å². The van der Waals surface area contributed by atoms with Gasteiger partial charge in [0.2, 0.25) is 0 Å². The number of nitrogens with zero attached hydrogens (tertiary/aromatic N) is 3. The second-order valence-electron chi connectivity index (χ2n) is 7.14. The maximum atomic E-state index is 12.6. The highest BCUT2D eigenvalue weighted by Gasteiger charge is 2.54. The molecule has 0 aliphatic carbocycles. The van der Waals surface area contributed by atoms with Crippen molar-refractivity contribution in [1.82, 2.24) is 14.9 Å². The van der Waals surface area contributed by atoms with Gasteiger partial charge in [0.05, 0.1) is 31.5 Å². The molecule has 2 aliphatic heterocycles. The van der Waals surface area contributed by atoms with Crippen molar-refractivity contribution in [1.29, 1.82) is 0 Å². The highest BCUT2D eigenvalue weighted by Crippen LogP contribution is 2.42. The van der Waals surface area contributed by atoms with E-state index >= 15 is 0 Å². The van der Waals surface area contributed by atoms with Crippen LogP contribution in [0.4, 0.5) is 0 Å². The molecule has 2 fully saturated rings. The van der Waals surface area contributed by atoms with Crippen molar-refractivity contribution in [2.45, 2.75) is 25.4 Å². The number of aromatic nitrogens is 2. The zero-order valence-corrected chi connectivity index (χ0v) is 14.9. The zero-order chi connectivity index (χ0) is 18.0. The number of amides is 1. The molecular formula is C20H23N3O3. The Labute approximate surface area is 153 Å². The Balaban J connectivity index is 1.32. The Bertz CT molecular complexity index is 775. The third-order valence-corrected chi connectivity index (χ3v) is 5.30. The fourth-order valence-corrected chi connectivity index (χ4v) is 3.89. The van der Waals surface area contributed by atoms with Gasteiger partial charge in [0.15, 0.2) is 0 Å². The molecule has 4 rings (SSSR count). The van der Waals surface area contributed by atoms with E-state index in [0.29, 0.717) is 31.2 Å². The summed E-state index contributed by atoms with van der Waals surface area (Å²) >= 11 is 0. The van der Waals surface area contributed by atoms with E-state index in [1.807, 2.05) is 30.0 Å². The summed E-state index contributed by atoms with van der Waals surface area (Å²) in [6.45, 7) is 4.64. The predicted molar refractivity (Wildman–Crippen MR) is 96.0 cm³/mol. The summed E-state index contributed by atoms with van der Waals surface area (Å²) in [4.78, 5) is 22.7. The quantitative estimate of drug-likeness (QED) is 0.826. The van der Waals surface area contributed by atoms with Crippen molar-refractivity contribution in [3.05, 3.63) is 54.1 Å². The van der Waals surface area contributed by atoms with Crippen molar-refractivity contribution in [2.75, 3.05) is 26.3 Å². The summed E-state index contributed by atoms with van der Waals surface area (Å²) in [5.74, 6) is 1.24. The van der Waals surface area contributed by atoms with Crippen molar-refractivity contribution in [3.8, 4) is 5.75 Å². The fraction of sp³-hybridized carbons (Fsp3) is 0.450. The van der Waals surface area contributed by atoms with Crippen LogP contribution in [0.5, 0.6) is 5.75 Å². The van der Waals surface area contributed by atoms with Crippen molar-refractivity contribution in [2.24, 2.45) is 5.92 Å². The molecule has 26 heavy (non-hydrogen) atoms. The summed E-state index contributed by atoms with van der Waals surface area (Å²) in [6, 6.07) is 5.66. The molecule has 2 aliphatic rings. The van der Waals surface area contributed by atoms with Crippen LogP contribution < -0.4 is 4.74 Å². The molecule has 0 N–H and O–H groups in total. The largest absolute Gasteiger partial charge is 0.492 e. The first-order chi connectivity index (χ1) is 12.7. The number of carbonyl (C=O) groups is 1. The average Bonchev–Trinajstić information content (AvgIpc) is 3.05. The molecule has 1 spiro atoms. The molecule has 1 atom stereocenters.